The maximum absolute atomic E-state index is 13.5. The first kappa shape index (κ1) is 26.8. The number of methoxy groups -OCH3 is 1. The second-order valence-electron chi connectivity index (χ2n) is 9.07. The Hall–Kier alpha value is -2.26. The Morgan fingerprint density at radius 2 is 1.77 bits per heavy atom. The van der Waals surface area contributed by atoms with Gasteiger partial charge in [-0.3, -0.25) is 9.59 Å². The van der Waals surface area contributed by atoms with E-state index in [2.05, 4.69) is 44.5 Å². The predicted octanol–water partition coefficient (Wildman–Crippen LogP) is 2.94. The maximum atomic E-state index is 13.5. The smallest absolute Gasteiger partial charge is 0.328 e. The third-order valence-electron chi connectivity index (χ3n) is 5.50. The summed E-state index contributed by atoms with van der Waals surface area (Å²) in [6.07, 6.45) is 0.315. The number of rotatable bonds is 10. The first-order valence-electron chi connectivity index (χ1n) is 10.3. The Morgan fingerprint density at radius 3 is 2.29 bits per heavy atom. The summed E-state index contributed by atoms with van der Waals surface area (Å²) in [6.45, 7) is 12.1. The van der Waals surface area contributed by atoms with Crippen LogP contribution in [0.2, 0.25) is 18.1 Å². The van der Waals surface area contributed by atoms with Crippen LogP contribution in [0.4, 0.5) is 4.39 Å². The molecule has 0 heterocycles. The Labute approximate surface area is 185 Å². The molecule has 0 aliphatic carbocycles. The summed E-state index contributed by atoms with van der Waals surface area (Å²) in [6, 6.07) is 3.90. The molecular formula is C22H35FN2O5Si. The van der Waals surface area contributed by atoms with Crippen molar-refractivity contribution >= 4 is 26.1 Å². The van der Waals surface area contributed by atoms with Crippen molar-refractivity contribution in [3.8, 4) is 0 Å². The van der Waals surface area contributed by atoms with E-state index in [4.69, 9.17) is 9.16 Å². The van der Waals surface area contributed by atoms with Crippen molar-refractivity contribution in [1.82, 2.24) is 10.6 Å². The van der Waals surface area contributed by atoms with E-state index in [1.807, 2.05) is 0 Å². The third-order valence-corrected chi connectivity index (χ3v) is 10.0. The van der Waals surface area contributed by atoms with Crippen LogP contribution in [0.1, 0.15) is 39.7 Å². The highest BCUT2D eigenvalue weighted by Gasteiger charge is 2.37. The molecule has 0 aliphatic heterocycles. The lowest BCUT2D eigenvalue weighted by molar-refractivity contribution is -0.145. The largest absolute Gasteiger partial charge is 0.467 e. The molecule has 0 saturated carbocycles. The van der Waals surface area contributed by atoms with Gasteiger partial charge in [0.05, 0.1) is 7.11 Å². The molecule has 31 heavy (non-hydrogen) atoms. The van der Waals surface area contributed by atoms with Gasteiger partial charge in [0.15, 0.2) is 8.32 Å². The molecule has 0 saturated heterocycles. The maximum Gasteiger partial charge on any atom is 0.328 e. The normalized spacial score (nSPS) is 13.8. The first-order chi connectivity index (χ1) is 14.3. The van der Waals surface area contributed by atoms with Crippen LogP contribution in [0, 0.1) is 5.82 Å². The average molecular weight is 455 g/mol. The zero-order valence-electron chi connectivity index (χ0n) is 19.5. The van der Waals surface area contributed by atoms with Gasteiger partial charge in [-0.2, -0.15) is 0 Å². The molecule has 174 valence electrons. The molecule has 0 radical (unpaired) electrons. The fraction of sp³-hybridized carbons (Fsp3) is 0.591. The number of halogens is 1. The SMILES string of the molecule is COC(=O)[C@@H](CCO[Si](C)(C)C(C)(C)C)NC(=O)[C@H](Cc1cccc(F)c1)NC(C)=O. The van der Waals surface area contributed by atoms with Crippen LogP contribution in [0.5, 0.6) is 0 Å². The quantitative estimate of drug-likeness (QED) is 0.419. The van der Waals surface area contributed by atoms with Gasteiger partial charge in [0, 0.05) is 26.4 Å². The van der Waals surface area contributed by atoms with E-state index in [0.29, 0.717) is 5.56 Å². The van der Waals surface area contributed by atoms with Gasteiger partial charge in [-0.05, 0) is 35.8 Å². The van der Waals surface area contributed by atoms with E-state index in [1.165, 1.54) is 32.2 Å². The highest BCUT2D eigenvalue weighted by molar-refractivity contribution is 6.74. The monoisotopic (exact) mass is 454 g/mol. The molecule has 2 N–H and O–H groups in total. The summed E-state index contributed by atoms with van der Waals surface area (Å²) in [5.41, 5.74) is 0.546. The van der Waals surface area contributed by atoms with Gasteiger partial charge in [0.25, 0.3) is 0 Å². The number of ether oxygens (including phenoxy) is 1. The second-order valence-corrected chi connectivity index (χ2v) is 13.9. The van der Waals surface area contributed by atoms with Crippen LogP contribution in [0.25, 0.3) is 0 Å². The summed E-state index contributed by atoms with van der Waals surface area (Å²) >= 11 is 0. The average Bonchev–Trinajstić information content (AvgIpc) is 2.64. The van der Waals surface area contributed by atoms with Gasteiger partial charge in [-0.1, -0.05) is 32.9 Å². The molecule has 1 rings (SSSR count). The molecule has 0 bridgehead atoms. The molecule has 0 unspecified atom stereocenters. The van der Waals surface area contributed by atoms with Gasteiger partial charge >= 0.3 is 5.97 Å². The molecule has 7 nitrogen and oxygen atoms in total. The molecule has 0 spiro atoms. The van der Waals surface area contributed by atoms with Crippen molar-refractivity contribution in [3.05, 3.63) is 35.6 Å². The minimum absolute atomic E-state index is 0.0124. The Bertz CT molecular complexity index is 779. The number of hydrogen-bond acceptors (Lipinski definition) is 5. The zero-order chi connectivity index (χ0) is 23.8. The van der Waals surface area contributed by atoms with E-state index >= 15 is 0 Å². The minimum Gasteiger partial charge on any atom is -0.467 e. The van der Waals surface area contributed by atoms with Crippen LogP contribution in [0.3, 0.4) is 0 Å². The Balaban J connectivity index is 2.88. The first-order valence-corrected chi connectivity index (χ1v) is 13.2. The van der Waals surface area contributed by atoms with Crippen molar-refractivity contribution < 1.29 is 27.9 Å². The molecule has 0 aliphatic rings. The Morgan fingerprint density at radius 1 is 1.13 bits per heavy atom. The van der Waals surface area contributed by atoms with Gasteiger partial charge in [0.2, 0.25) is 11.8 Å². The van der Waals surface area contributed by atoms with Crippen LogP contribution in [-0.4, -0.2) is 51.9 Å². The van der Waals surface area contributed by atoms with Gasteiger partial charge in [0.1, 0.15) is 17.9 Å². The van der Waals surface area contributed by atoms with E-state index < -0.39 is 44.0 Å². The van der Waals surface area contributed by atoms with E-state index in [9.17, 15) is 18.8 Å². The van der Waals surface area contributed by atoms with Crippen molar-refractivity contribution in [2.75, 3.05) is 13.7 Å². The number of amides is 2. The predicted molar refractivity (Wildman–Crippen MR) is 119 cm³/mol. The van der Waals surface area contributed by atoms with E-state index in [0.717, 1.165) is 0 Å². The van der Waals surface area contributed by atoms with Crippen molar-refractivity contribution in [3.63, 3.8) is 0 Å². The lowest BCUT2D eigenvalue weighted by Crippen LogP contribution is -2.53. The van der Waals surface area contributed by atoms with Crippen LogP contribution in [0.15, 0.2) is 24.3 Å². The summed E-state index contributed by atoms with van der Waals surface area (Å²) < 4.78 is 24.4. The molecule has 2 atom stereocenters. The van der Waals surface area contributed by atoms with Gasteiger partial charge < -0.3 is 19.8 Å². The van der Waals surface area contributed by atoms with E-state index in [1.54, 1.807) is 6.07 Å². The lowest BCUT2D eigenvalue weighted by atomic mass is 10.0. The molecular weight excluding hydrogens is 419 g/mol. The fourth-order valence-corrected chi connectivity index (χ4v) is 3.73. The van der Waals surface area contributed by atoms with Gasteiger partial charge in [-0.15, -0.1) is 0 Å². The molecule has 9 heteroatoms. The van der Waals surface area contributed by atoms with Crippen LogP contribution in [-0.2, 0) is 30.0 Å². The molecule has 1 aromatic carbocycles. The summed E-state index contributed by atoms with van der Waals surface area (Å²) in [4.78, 5) is 36.7. The highest BCUT2D eigenvalue weighted by Crippen LogP contribution is 2.36. The zero-order valence-corrected chi connectivity index (χ0v) is 20.5. The van der Waals surface area contributed by atoms with Crippen molar-refractivity contribution in [2.45, 2.75) is 70.8 Å². The number of carbonyl (C=O) groups excluding carboxylic acids is 3. The molecule has 2 amide bonds. The number of esters is 1. The van der Waals surface area contributed by atoms with Crippen molar-refractivity contribution in [1.29, 1.82) is 0 Å². The number of hydrogen-bond donors (Lipinski definition) is 2. The number of benzene rings is 1. The fourth-order valence-electron chi connectivity index (χ4n) is 2.67. The van der Waals surface area contributed by atoms with Crippen molar-refractivity contribution in [2.24, 2.45) is 0 Å². The number of nitrogens with one attached hydrogen (secondary N) is 2. The third kappa shape index (κ3) is 8.78. The molecule has 1 aromatic rings. The number of carbonyl (C=O) groups is 3. The summed E-state index contributed by atoms with van der Waals surface area (Å²) in [5, 5.41) is 5.22. The highest BCUT2D eigenvalue weighted by atomic mass is 28.4. The van der Waals surface area contributed by atoms with Gasteiger partial charge in [-0.25, -0.2) is 9.18 Å². The second kappa shape index (κ2) is 11.4. The standard InChI is InChI=1S/C22H35FN2O5Si/c1-15(26)24-19(14-16-9-8-10-17(23)13-16)20(27)25-18(21(28)29-5)11-12-30-31(6,7)22(2,3)4/h8-10,13,18-19H,11-12,14H2,1-7H3,(H,24,26)(H,25,27)/t18-,19+/m1/s1. The lowest BCUT2D eigenvalue weighted by Gasteiger charge is -2.36. The van der Waals surface area contributed by atoms with Crippen LogP contribution >= 0.6 is 0 Å². The summed E-state index contributed by atoms with van der Waals surface area (Å²) in [5.74, 6) is -2.00. The molecule has 0 aromatic heterocycles. The topological polar surface area (TPSA) is 93.7 Å². The van der Waals surface area contributed by atoms with Crippen LogP contribution < -0.4 is 10.6 Å². The molecule has 0 fully saturated rings. The summed E-state index contributed by atoms with van der Waals surface area (Å²) in [7, 11) is -0.770. The Kier molecular flexibility index (Phi) is 9.83. The van der Waals surface area contributed by atoms with E-state index in [-0.39, 0.29) is 24.5 Å². The minimum atomic E-state index is -2.01.